The Bertz CT molecular complexity index is 275. The van der Waals surface area contributed by atoms with Gasteiger partial charge in [-0.25, -0.2) is 0 Å². The normalized spacial score (nSPS) is 34.9. The van der Waals surface area contributed by atoms with E-state index in [0.717, 1.165) is 23.8 Å². The zero-order valence-electron chi connectivity index (χ0n) is 15.1. The molecule has 2 rings (SSSR count). The van der Waals surface area contributed by atoms with Crippen LogP contribution in [0.15, 0.2) is 0 Å². The van der Waals surface area contributed by atoms with Crippen LogP contribution in [0.4, 0.5) is 0 Å². The minimum atomic E-state index is 0.524. The molecule has 0 heterocycles. The van der Waals surface area contributed by atoms with Gasteiger partial charge in [0.25, 0.3) is 0 Å². The van der Waals surface area contributed by atoms with Crippen molar-refractivity contribution in [3.05, 3.63) is 0 Å². The topological polar surface area (TPSA) is 12.0 Å². The highest BCUT2D eigenvalue weighted by molar-refractivity contribution is 4.83. The lowest BCUT2D eigenvalue weighted by atomic mass is 9.70. The van der Waals surface area contributed by atoms with Crippen LogP contribution in [0.2, 0.25) is 0 Å². The smallest absolute Gasteiger partial charge is 0.00673 e. The lowest BCUT2D eigenvalue weighted by Gasteiger charge is -2.38. The predicted octanol–water partition coefficient (Wildman–Crippen LogP) is 5.79. The van der Waals surface area contributed by atoms with Gasteiger partial charge in [-0.2, -0.15) is 0 Å². The zero-order chi connectivity index (χ0) is 15.3. The molecule has 0 atom stereocenters. The molecular formula is C20H39N. The largest absolute Gasteiger partial charge is 0.314 e. The first-order valence-corrected chi connectivity index (χ1v) is 9.72. The Balaban J connectivity index is 1.60. The van der Waals surface area contributed by atoms with Crippen molar-refractivity contribution in [2.75, 3.05) is 6.54 Å². The fraction of sp³-hybridized carbons (Fsp3) is 1.00. The molecule has 0 saturated heterocycles. The van der Waals surface area contributed by atoms with Gasteiger partial charge >= 0.3 is 0 Å². The van der Waals surface area contributed by atoms with Crippen molar-refractivity contribution in [1.29, 1.82) is 0 Å². The van der Waals surface area contributed by atoms with Gasteiger partial charge in [-0.1, -0.05) is 40.5 Å². The van der Waals surface area contributed by atoms with Crippen LogP contribution in [-0.4, -0.2) is 12.6 Å². The second kappa shape index (κ2) is 7.99. The van der Waals surface area contributed by atoms with E-state index in [2.05, 4.69) is 33.0 Å². The van der Waals surface area contributed by atoms with Gasteiger partial charge in [-0.15, -0.1) is 0 Å². The van der Waals surface area contributed by atoms with Crippen molar-refractivity contribution in [3.63, 3.8) is 0 Å². The third-order valence-corrected chi connectivity index (χ3v) is 6.31. The fourth-order valence-electron chi connectivity index (χ4n) is 4.63. The van der Waals surface area contributed by atoms with Crippen molar-refractivity contribution in [2.45, 2.75) is 97.9 Å². The molecule has 0 aromatic heterocycles. The maximum absolute atomic E-state index is 3.91. The molecule has 0 amide bonds. The van der Waals surface area contributed by atoms with E-state index in [1.165, 1.54) is 70.8 Å². The quantitative estimate of drug-likeness (QED) is 0.676. The first-order valence-electron chi connectivity index (χ1n) is 9.72. The van der Waals surface area contributed by atoms with Gasteiger partial charge in [0.2, 0.25) is 0 Å². The zero-order valence-corrected chi connectivity index (χ0v) is 15.1. The average Bonchev–Trinajstić information content (AvgIpc) is 2.46. The molecule has 0 bridgehead atoms. The average molecular weight is 294 g/mol. The van der Waals surface area contributed by atoms with Gasteiger partial charge in [-0.05, 0) is 81.1 Å². The highest BCUT2D eigenvalue weighted by atomic mass is 14.9. The Hall–Kier alpha value is -0.0400. The van der Waals surface area contributed by atoms with Crippen LogP contribution in [0.5, 0.6) is 0 Å². The van der Waals surface area contributed by atoms with E-state index in [1.54, 1.807) is 0 Å². The third kappa shape index (κ3) is 5.58. The van der Waals surface area contributed by atoms with Crippen LogP contribution in [0, 0.1) is 23.2 Å². The van der Waals surface area contributed by atoms with E-state index in [1.807, 2.05) is 0 Å². The summed E-state index contributed by atoms with van der Waals surface area (Å²) in [7, 11) is 0. The highest BCUT2D eigenvalue weighted by Gasteiger charge is 2.30. The van der Waals surface area contributed by atoms with Crippen LogP contribution in [0.3, 0.4) is 0 Å². The van der Waals surface area contributed by atoms with Crippen LogP contribution in [-0.2, 0) is 0 Å². The lowest BCUT2D eigenvalue weighted by Crippen LogP contribution is -2.38. The molecule has 1 N–H and O–H groups in total. The molecule has 0 aliphatic heterocycles. The second-order valence-electron chi connectivity index (χ2n) is 9.00. The molecule has 0 spiro atoms. The minimum absolute atomic E-state index is 0.524. The molecule has 2 fully saturated rings. The molecule has 0 unspecified atom stereocenters. The summed E-state index contributed by atoms with van der Waals surface area (Å²) in [5.74, 6) is 2.95. The van der Waals surface area contributed by atoms with Crippen LogP contribution >= 0.6 is 0 Å². The molecule has 2 saturated carbocycles. The Morgan fingerprint density at radius 1 is 0.810 bits per heavy atom. The monoisotopic (exact) mass is 293 g/mol. The third-order valence-electron chi connectivity index (χ3n) is 6.31. The number of hydrogen-bond acceptors (Lipinski definition) is 1. The van der Waals surface area contributed by atoms with Gasteiger partial charge in [0.15, 0.2) is 0 Å². The van der Waals surface area contributed by atoms with Crippen molar-refractivity contribution in [2.24, 2.45) is 23.2 Å². The van der Waals surface area contributed by atoms with Gasteiger partial charge in [-0.3, -0.25) is 0 Å². The van der Waals surface area contributed by atoms with Crippen molar-refractivity contribution >= 4 is 0 Å². The molecule has 124 valence electrons. The van der Waals surface area contributed by atoms with Crippen molar-refractivity contribution < 1.29 is 0 Å². The summed E-state index contributed by atoms with van der Waals surface area (Å²) >= 11 is 0. The molecule has 21 heavy (non-hydrogen) atoms. The van der Waals surface area contributed by atoms with E-state index in [9.17, 15) is 0 Å². The van der Waals surface area contributed by atoms with Crippen LogP contribution < -0.4 is 5.32 Å². The maximum Gasteiger partial charge on any atom is 0.00673 e. The SMILES string of the molecule is CCCC1CCC(NCC2CCC(C(C)(C)C)CC2)CC1. The van der Waals surface area contributed by atoms with E-state index in [4.69, 9.17) is 0 Å². The summed E-state index contributed by atoms with van der Waals surface area (Å²) in [5, 5.41) is 3.91. The number of nitrogens with one attached hydrogen (secondary N) is 1. The first-order chi connectivity index (χ1) is 9.99. The second-order valence-corrected chi connectivity index (χ2v) is 9.00. The van der Waals surface area contributed by atoms with Crippen molar-refractivity contribution in [3.8, 4) is 0 Å². The van der Waals surface area contributed by atoms with Crippen LogP contribution in [0.25, 0.3) is 0 Å². The number of hydrogen-bond donors (Lipinski definition) is 1. The summed E-state index contributed by atoms with van der Waals surface area (Å²) < 4.78 is 0. The Morgan fingerprint density at radius 3 is 1.90 bits per heavy atom. The van der Waals surface area contributed by atoms with E-state index in [-0.39, 0.29) is 0 Å². The molecule has 1 heteroatoms. The fourth-order valence-corrected chi connectivity index (χ4v) is 4.63. The van der Waals surface area contributed by atoms with Crippen LogP contribution in [0.1, 0.15) is 91.9 Å². The van der Waals surface area contributed by atoms with Crippen molar-refractivity contribution in [1.82, 2.24) is 5.32 Å². The number of rotatable bonds is 5. The van der Waals surface area contributed by atoms with E-state index >= 15 is 0 Å². The lowest BCUT2D eigenvalue weighted by molar-refractivity contribution is 0.145. The maximum atomic E-state index is 3.91. The minimum Gasteiger partial charge on any atom is -0.314 e. The molecule has 1 nitrogen and oxygen atoms in total. The van der Waals surface area contributed by atoms with E-state index in [0.29, 0.717) is 5.41 Å². The first kappa shape index (κ1) is 17.3. The molecular weight excluding hydrogens is 254 g/mol. The Kier molecular flexibility index (Phi) is 6.59. The Labute approximate surface area is 133 Å². The molecule has 0 radical (unpaired) electrons. The van der Waals surface area contributed by atoms with Gasteiger partial charge in [0.05, 0.1) is 0 Å². The van der Waals surface area contributed by atoms with Gasteiger partial charge in [0, 0.05) is 6.04 Å². The molecule has 2 aliphatic carbocycles. The highest BCUT2D eigenvalue weighted by Crippen LogP contribution is 2.39. The molecule has 0 aromatic rings. The van der Waals surface area contributed by atoms with Gasteiger partial charge in [0.1, 0.15) is 0 Å². The predicted molar refractivity (Wildman–Crippen MR) is 93.6 cm³/mol. The summed E-state index contributed by atoms with van der Waals surface area (Å²) in [6, 6.07) is 0.832. The standard InChI is InChI=1S/C20H39N/c1-5-6-16-9-13-19(14-10-16)21-15-17-7-11-18(12-8-17)20(2,3)4/h16-19,21H,5-15H2,1-4H3. The molecule has 2 aliphatic rings. The summed E-state index contributed by atoms with van der Waals surface area (Å²) in [6.07, 6.45) is 14.5. The van der Waals surface area contributed by atoms with E-state index < -0.39 is 0 Å². The summed E-state index contributed by atoms with van der Waals surface area (Å²) in [5.41, 5.74) is 0.524. The summed E-state index contributed by atoms with van der Waals surface area (Å²) in [6.45, 7) is 10.9. The van der Waals surface area contributed by atoms with Gasteiger partial charge < -0.3 is 5.32 Å². The Morgan fingerprint density at radius 2 is 1.38 bits per heavy atom. The molecule has 0 aromatic carbocycles. The summed E-state index contributed by atoms with van der Waals surface area (Å²) in [4.78, 5) is 0.